The number of amides is 3. The average Bonchev–Trinajstić information content (AvgIpc) is 2.55. The van der Waals surface area contributed by atoms with Crippen molar-refractivity contribution in [2.24, 2.45) is 5.92 Å². The van der Waals surface area contributed by atoms with Crippen LogP contribution in [0.3, 0.4) is 0 Å². The first-order valence-electron chi connectivity index (χ1n) is 9.11. The van der Waals surface area contributed by atoms with Crippen LogP contribution in [0.4, 0.5) is 0 Å². The van der Waals surface area contributed by atoms with E-state index in [1.807, 2.05) is 53.7 Å². The van der Waals surface area contributed by atoms with Crippen LogP contribution in [0.15, 0.2) is 24.3 Å². The van der Waals surface area contributed by atoms with Crippen molar-refractivity contribution in [2.75, 3.05) is 13.1 Å². The Kier molecular flexibility index (Phi) is 8.29. The van der Waals surface area contributed by atoms with Gasteiger partial charge in [0.05, 0.1) is 6.54 Å². The summed E-state index contributed by atoms with van der Waals surface area (Å²) in [7, 11) is 0. The van der Waals surface area contributed by atoms with Crippen molar-refractivity contribution in [2.45, 2.75) is 53.6 Å². The monoisotopic (exact) mass is 361 g/mol. The smallest absolute Gasteiger partial charge is 0.251 e. The van der Waals surface area contributed by atoms with Gasteiger partial charge in [-0.2, -0.15) is 0 Å². The summed E-state index contributed by atoms with van der Waals surface area (Å²) in [4.78, 5) is 38.9. The van der Waals surface area contributed by atoms with Gasteiger partial charge < -0.3 is 15.5 Å². The molecule has 0 fully saturated rings. The molecule has 0 aliphatic carbocycles. The number of nitrogens with zero attached hydrogens (tertiary/aromatic N) is 1. The molecule has 2 N–H and O–H groups in total. The first-order valence-corrected chi connectivity index (χ1v) is 9.11. The summed E-state index contributed by atoms with van der Waals surface area (Å²) in [5, 5.41) is 5.61. The second-order valence-electron chi connectivity index (χ2n) is 7.14. The second-order valence-corrected chi connectivity index (χ2v) is 7.14. The highest BCUT2D eigenvalue weighted by molar-refractivity contribution is 5.98. The highest BCUT2D eigenvalue weighted by Crippen LogP contribution is 2.10. The molecular formula is C20H31N3O3. The van der Waals surface area contributed by atoms with Crippen LogP contribution in [-0.2, 0) is 9.59 Å². The van der Waals surface area contributed by atoms with Gasteiger partial charge in [0.1, 0.15) is 6.04 Å². The van der Waals surface area contributed by atoms with Gasteiger partial charge in [0.15, 0.2) is 0 Å². The van der Waals surface area contributed by atoms with Gasteiger partial charge in [0, 0.05) is 18.2 Å². The Morgan fingerprint density at radius 3 is 2.23 bits per heavy atom. The Bertz CT molecular complexity index is 641. The van der Waals surface area contributed by atoms with E-state index in [-0.39, 0.29) is 36.2 Å². The minimum absolute atomic E-state index is 0.0122. The lowest BCUT2D eigenvalue weighted by molar-refractivity contribution is -0.138. The molecule has 1 unspecified atom stereocenters. The fourth-order valence-corrected chi connectivity index (χ4v) is 2.61. The summed E-state index contributed by atoms with van der Waals surface area (Å²) in [6.45, 7) is 11.6. The number of nitrogens with one attached hydrogen (secondary N) is 2. The molecule has 0 aliphatic rings. The summed E-state index contributed by atoms with van der Waals surface area (Å²) in [5.74, 6) is -0.841. The minimum atomic E-state index is -0.685. The Morgan fingerprint density at radius 2 is 1.73 bits per heavy atom. The zero-order valence-electron chi connectivity index (χ0n) is 16.6. The number of hydrogen-bond acceptors (Lipinski definition) is 3. The molecule has 0 saturated carbocycles. The highest BCUT2D eigenvalue weighted by Gasteiger charge is 2.29. The number of likely N-dealkylation sites (N-methyl/N-ethyl adjacent to an activating group) is 1. The molecule has 0 aliphatic heterocycles. The molecule has 1 aromatic carbocycles. The minimum Gasteiger partial charge on any atom is -0.352 e. The van der Waals surface area contributed by atoms with Gasteiger partial charge in [-0.05, 0) is 45.7 Å². The molecule has 1 rings (SSSR count). The molecule has 26 heavy (non-hydrogen) atoms. The highest BCUT2D eigenvalue weighted by atomic mass is 16.2. The maximum absolute atomic E-state index is 12.9. The number of carbonyl (C=O) groups excluding carboxylic acids is 3. The van der Waals surface area contributed by atoms with E-state index in [1.54, 1.807) is 12.1 Å². The molecule has 0 spiro atoms. The molecule has 144 valence electrons. The van der Waals surface area contributed by atoms with E-state index in [4.69, 9.17) is 0 Å². The third kappa shape index (κ3) is 6.50. The lowest BCUT2D eigenvalue weighted by Gasteiger charge is -2.29. The summed E-state index contributed by atoms with van der Waals surface area (Å²) >= 11 is 0. The van der Waals surface area contributed by atoms with Gasteiger partial charge in [-0.1, -0.05) is 31.5 Å². The number of carbonyl (C=O) groups is 3. The van der Waals surface area contributed by atoms with E-state index >= 15 is 0 Å². The van der Waals surface area contributed by atoms with Gasteiger partial charge in [-0.3, -0.25) is 14.4 Å². The van der Waals surface area contributed by atoms with Crippen LogP contribution in [0, 0.1) is 12.8 Å². The zero-order chi connectivity index (χ0) is 19.9. The second kappa shape index (κ2) is 9.94. The summed E-state index contributed by atoms with van der Waals surface area (Å²) < 4.78 is 0. The third-order valence-electron chi connectivity index (χ3n) is 3.98. The summed E-state index contributed by atoms with van der Waals surface area (Å²) in [6.07, 6.45) is 0. The molecule has 1 aromatic rings. The lowest BCUT2D eigenvalue weighted by atomic mass is 10.0. The Balaban J connectivity index is 2.88. The predicted molar refractivity (Wildman–Crippen MR) is 103 cm³/mol. The molecule has 0 heterocycles. The SMILES string of the molecule is CCN(CC(=O)NC(C)C)C(=O)C(NC(=O)c1cccc(C)c1)C(C)C. The van der Waals surface area contributed by atoms with Gasteiger partial charge in [-0.15, -0.1) is 0 Å². The fourth-order valence-electron chi connectivity index (χ4n) is 2.61. The van der Waals surface area contributed by atoms with Crippen molar-refractivity contribution in [3.05, 3.63) is 35.4 Å². The van der Waals surface area contributed by atoms with Crippen molar-refractivity contribution in [3.8, 4) is 0 Å². The Labute approximate surface area is 156 Å². The van der Waals surface area contributed by atoms with E-state index in [9.17, 15) is 14.4 Å². The molecule has 0 bridgehead atoms. The molecule has 6 heteroatoms. The Hall–Kier alpha value is -2.37. The summed E-state index contributed by atoms with van der Waals surface area (Å²) in [5.41, 5.74) is 1.50. The summed E-state index contributed by atoms with van der Waals surface area (Å²) in [6, 6.07) is 6.55. The number of benzene rings is 1. The number of rotatable bonds is 8. The first-order chi connectivity index (χ1) is 12.1. The van der Waals surface area contributed by atoms with Crippen molar-refractivity contribution in [3.63, 3.8) is 0 Å². The fraction of sp³-hybridized carbons (Fsp3) is 0.550. The molecule has 1 atom stereocenters. The van der Waals surface area contributed by atoms with Crippen LogP contribution in [-0.4, -0.2) is 47.8 Å². The van der Waals surface area contributed by atoms with Crippen molar-refractivity contribution in [1.82, 2.24) is 15.5 Å². The van der Waals surface area contributed by atoms with Crippen LogP contribution in [0.5, 0.6) is 0 Å². The van der Waals surface area contributed by atoms with E-state index < -0.39 is 6.04 Å². The molecule has 0 saturated heterocycles. The van der Waals surface area contributed by atoms with Crippen LogP contribution < -0.4 is 10.6 Å². The average molecular weight is 361 g/mol. The maximum Gasteiger partial charge on any atom is 0.251 e. The van der Waals surface area contributed by atoms with Gasteiger partial charge >= 0.3 is 0 Å². The van der Waals surface area contributed by atoms with E-state index in [0.29, 0.717) is 12.1 Å². The predicted octanol–water partition coefficient (Wildman–Crippen LogP) is 2.12. The topological polar surface area (TPSA) is 78.5 Å². The van der Waals surface area contributed by atoms with Crippen LogP contribution in [0.1, 0.15) is 50.5 Å². The Morgan fingerprint density at radius 1 is 1.08 bits per heavy atom. The normalized spacial score (nSPS) is 12.0. The molecular weight excluding hydrogens is 330 g/mol. The standard InChI is InChI=1S/C20H31N3O3/c1-7-23(12-17(24)21-14(4)5)20(26)18(13(2)3)22-19(25)16-10-8-9-15(6)11-16/h8-11,13-14,18H,7,12H2,1-6H3,(H,21,24)(H,22,25). The number of aryl methyl sites for hydroxylation is 1. The quantitative estimate of drug-likeness (QED) is 0.744. The molecule has 3 amide bonds. The molecule has 6 nitrogen and oxygen atoms in total. The van der Waals surface area contributed by atoms with Crippen LogP contribution in [0.25, 0.3) is 0 Å². The molecule has 0 radical (unpaired) electrons. The third-order valence-corrected chi connectivity index (χ3v) is 3.98. The maximum atomic E-state index is 12.9. The van der Waals surface area contributed by atoms with Crippen molar-refractivity contribution >= 4 is 17.7 Å². The van der Waals surface area contributed by atoms with E-state index in [2.05, 4.69) is 10.6 Å². The number of hydrogen-bond donors (Lipinski definition) is 2. The van der Waals surface area contributed by atoms with Gasteiger partial charge in [0.25, 0.3) is 5.91 Å². The van der Waals surface area contributed by atoms with Gasteiger partial charge in [-0.25, -0.2) is 0 Å². The zero-order valence-corrected chi connectivity index (χ0v) is 16.6. The van der Waals surface area contributed by atoms with Crippen molar-refractivity contribution < 1.29 is 14.4 Å². The lowest BCUT2D eigenvalue weighted by Crippen LogP contribution is -2.53. The van der Waals surface area contributed by atoms with E-state index in [1.165, 1.54) is 4.90 Å². The van der Waals surface area contributed by atoms with Gasteiger partial charge in [0.2, 0.25) is 11.8 Å². The largest absolute Gasteiger partial charge is 0.352 e. The molecule has 0 aromatic heterocycles. The van der Waals surface area contributed by atoms with Crippen molar-refractivity contribution in [1.29, 1.82) is 0 Å². The van der Waals surface area contributed by atoms with E-state index in [0.717, 1.165) is 5.56 Å². The van der Waals surface area contributed by atoms with Crippen LogP contribution in [0.2, 0.25) is 0 Å². The first kappa shape index (κ1) is 21.7. The van der Waals surface area contributed by atoms with Crippen LogP contribution >= 0.6 is 0 Å².